The first-order valence-corrected chi connectivity index (χ1v) is 8.42. The molecule has 0 spiro atoms. The molecule has 0 bridgehead atoms. The van der Waals surface area contributed by atoms with E-state index in [4.69, 9.17) is 10.5 Å². The number of nitrogens with two attached hydrogens (primary N) is 1. The highest BCUT2D eigenvalue weighted by Crippen LogP contribution is 2.42. The van der Waals surface area contributed by atoms with Crippen LogP contribution in [0.25, 0.3) is 9.75 Å². The molecule has 0 radical (unpaired) electrons. The van der Waals surface area contributed by atoms with Gasteiger partial charge in [0.05, 0.1) is 17.2 Å². The summed E-state index contributed by atoms with van der Waals surface area (Å²) in [5.74, 6) is -0.316. The summed E-state index contributed by atoms with van der Waals surface area (Å²) in [6, 6.07) is 4.25. The van der Waals surface area contributed by atoms with E-state index >= 15 is 0 Å². The molecule has 0 fully saturated rings. The Morgan fingerprint density at radius 2 is 1.95 bits per heavy atom. The second-order valence-electron chi connectivity index (χ2n) is 4.35. The highest BCUT2D eigenvalue weighted by Gasteiger charge is 2.22. The molecule has 108 valence electrons. The first kappa shape index (κ1) is 15.1. The second-order valence-corrected chi connectivity index (χ2v) is 6.54. The third kappa shape index (κ3) is 2.74. The van der Waals surface area contributed by atoms with Gasteiger partial charge in [0, 0.05) is 9.75 Å². The van der Waals surface area contributed by atoms with E-state index in [1.807, 2.05) is 0 Å². The molecular formula is C15H19NO2S2. The van der Waals surface area contributed by atoms with Gasteiger partial charge < -0.3 is 10.5 Å². The fraction of sp³-hybridized carbons (Fsp3) is 0.400. The minimum Gasteiger partial charge on any atom is -0.462 e. The van der Waals surface area contributed by atoms with Gasteiger partial charge in [0.2, 0.25) is 0 Å². The van der Waals surface area contributed by atoms with E-state index in [2.05, 4.69) is 26.0 Å². The number of aryl methyl sites for hydroxylation is 1. The molecule has 0 unspecified atom stereocenters. The molecule has 2 rings (SSSR count). The lowest BCUT2D eigenvalue weighted by Gasteiger charge is -2.01. The van der Waals surface area contributed by atoms with E-state index in [-0.39, 0.29) is 5.97 Å². The van der Waals surface area contributed by atoms with Gasteiger partial charge in [-0.2, -0.15) is 0 Å². The van der Waals surface area contributed by atoms with Crippen LogP contribution >= 0.6 is 22.7 Å². The summed E-state index contributed by atoms with van der Waals surface area (Å²) in [4.78, 5) is 16.1. The maximum atomic E-state index is 12.0. The summed E-state index contributed by atoms with van der Waals surface area (Å²) < 4.78 is 5.08. The van der Waals surface area contributed by atoms with Crippen LogP contribution in [0.4, 0.5) is 5.69 Å². The van der Waals surface area contributed by atoms with Crippen molar-refractivity contribution in [1.82, 2.24) is 0 Å². The molecule has 0 aromatic carbocycles. The molecule has 3 nitrogen and oxygen atoms in total. The van der Waals surface area contributed by atoms with Crippen LogP contribution in [-0.2, 0) is 17.6 Å². The number of esters is 1. The highest BCUT2D eigenvalue weighted by atomic mass is 32.1. The van der Waals surface area contributed by atoms with E-state index in [0.29, 0.717) is 17.2 Å². The Bertz CT molecular complexity index is 613. The third-order valence-electron chi connectivity index (χ3n) is 3.10. The molecule has 2 heterocycles. The fourth-order valence-electron chi connectivity index (χ4n) is 2.07. The third-order valence-corrected chi connectivity index (χ3v) is 5.73. The lowest BCUT2D eigenvalue weighted by atomic mass is 10.1. The van der Waals surface area contributed by atoms with Crippen molar-refractivity contribution in [2.75, 3.05) is 12.3 Å². The molecule has 5 heteroatoms. The minimum atomic E-state index is -0.316. The summed E-state index contributed by atoms with van der Waals surface area (Å²) in [7, 11) is 0. The maximum absolute atomic E-state index is 12.0. The number of carbonyl (C=O) groups is 1. The van der Waals surface area contributed by atoms with E-state index in [1.165, 1.54) is 21.1 Å². The number of hydrogen-bond acceptors (Lipinski definition) is 5. The molecule has 0 saturated carbocycles. The van der Waals surface area contributed by atoms with Gasteiger partial charge in [0.1, 0.15) is 4.88 Å². The van der Waals surface area contributed by atoms with Gasteiger partial charge in [-0.15, -0.1) is 22.7 Å². The van der Waals surface area contributed by atoms with Crippen LogP contribution in [0.2, 0.25) is 0 Å². The number of anilines is 1. The van der Waals surface area contributed by atoms with Crippen LogP contribution in [0.5, 0.6) is 0 Å². The van der Waals surface area contributed by atoms with Gasteiger partial charge in [-0.1, -0.05) is 13.8 Å². The topological polar surface area (TPSA) is 52.3 Å². The monoisotopic (exact) mass is 309 g/mol. The SMILES string of the molecule is CCOC(=O)c1sc(-c2ccc(CC)s2)c(CC)c1N. The standard InChI is InChI=1S/C15H19NO2S2/c1-4-9-7-8-11(19-9)13-10(5-2)12(16)14(20-13)15(17)18-6-3/h7-8H,4-6,16H2,1-3H3. The van der Waals surface area contributed by atoms with Gasteiger partial charge in [0.15, 0.2) is 0 Å². The Morgan fingerprint density at radius 3 is 2.50 bits per heavy atom. The lowest BCUT2D eigenvalue weighted by Crippen LogP contribution is -2.05. The summed E-state index contributed by atoms with van der Waals surface area (Å²) in [5, 5.41) is 0. The van der Waals surface area contributed by atoms with Crippen molar-refractivity contribution < 1.29 is 9.53 Å². The largest absolute Gasteiger partial charge is 0.462 e. The van der Waals surface area contributed by atoms with Crippen LogP contribution in [0.3, 0.4) is 0 Å². The van der Waals surface area contributed by atoms with Crippen LogP contribution < -0.4 is 5.73 Å². The van der Waals surface area contributed by atoms with E-state index in [9.17, 15) is 4.79 Å². The number of hydrogen-bond donors (Lipinski definition) is 1. The van der Waals surface area contributed by atoms with E-state index in [1.54, 1.807) is 18.3 Å². The van der Waals surface area contributed by atoms with Crippen LogP contribution in [-0.4, -0.2) is 12.6 Å². The van der Waals surface area contributed by atoms with Gasteiger partial charge in [-0.05, 0) is 37.5 Å². The van der Waals surface area contributed by atoms with Gasteiger partial charge in [-0.25, -0.2) is 4.79 Å². The summed E-state index contributed by atoms with van der Waals surface area (Å²) >= 11 is 3.21. The Balaban J connectivity index is 2.47. The highest BCUT2D eigenvalue weighted by molar-refractivity contribution is 7.23. The van der Waals surface area contributed by atoms with E-state index < -0.39 is 0 Å². The average Bonchev–Trinajstić information content (AvgIpc) is 3.02. The van der Waals surface area contributed by atoms with E-state index in [0.717, 1.165) is 23.3 Å². The fourth-order valence-corrected chi connectivity index (χ4v) is 4.36. The summed E-state index contributed by atoms with van der Waals surface area (Å²) in [6.45, 7) is 6.37. The first-order valence-electron chi connectivity index (χ1n) is 6.79. The Hall–Kier alpha value is -1.33. The van der Waals surface area contributed by atoms with Crippen molar-refractivity contribution in [1.29, 1.82) is 0 Å². The summed E-state index contributed by atoms with van der Waals surface area (Å²) in [5.41, 5.74) is 7.78. The molecule has 0 aliphatic carbocycles. The van der Waals surface area contributed by atoms with Crippen molar-refractivity contribution in [3.05, 3.63) is 27.5 Å². The predicted molar refractivity (Wildman–Crippen MR) is 86.8 cm³/mol. The number of carbonyl (C=O) groups excluding carboxylic acids is 1. The molecule has 0 amide bonds. The Labute approximate surface area is 127 Å². The zero-order valence-electron chi connectivity index (χ0n) is 12.0. The van der Waals surface area contributed by atoms with Crippen LogP contribution in [0, 0.1) is 0 Å². The maximum Gasteiger partial charge on any atom is 0.350 e. The van der Waals surface area contributed by atoms with Gasteiger partial charge in [-0.3, -0.25) is 0 Å². The van der Waals surface area contributed by atoms with Crippen LogP contribution in [0.1, 0.15) is 40.9 Å². The number of nitrogen functional groups attached to an aromatic ring is 1. The van der Waals surface area contributed by atoms with Gasteiger partial charge >= 0.3 is 5.97 Å². The molecule has 0 saturated heterocycles. The molecule has 2 aromatic heterocycles. The normalized spacial score (nSPS) is 10.8. The number of thiophene rings is 2. The molecule has 20 heavy (non-hydrogen) atoms. The summed E-state index contributed by atoms with van der Waals surface area (Å²) in [6.07, 6.45) is 1.84. The predicted octanol–water partition coefficient (Wildman–Crippen LogP) is 4.36. The van der Waals surface area contributed by atoms with Crippen LogP contribution in [0.15, 0.2) is 12.1 Å². The smallest absolute Gasteiger partial charge is 0.350 e. The molecular weight excluding hydrogens is 290 g/mol. The van der Waals surface area contributed by atoms with Crippen molar-refractivity contribution in [2.45, 2.75) is 33.6 Å². The second kappa shape index (κ2) is 6.41. The van der Waals surface area contributed by atoms with Gasteiger partial charge in [0.25, 0.3) is 0 Å². The Kier molecular flexibility index (Phi) is 4.83. The molecule has 0 aliphatic heterocycles. The zero-order valence-corrected chi connectivity index (χ0v) is 13.6. The molecule has 2 N–H and O–H groups in total. The van der Waals surface area contributed by atoms with Crippen molar-refractivity contribution >= 4 is 34.3 Å². The van der Waals surface area contributed by atoms with Crippen molar-refractivity contribution in [2.24, 2.45) is 0 Å². The van der Waals surface area contributed by atoms with Crippen molar-refractivity contribution in [3.63, 3.8) is 0 Å². The molecule has 0 atom stereocenters. The zero-order chi connectivity index (χ0) is 14.7. The first-order chi connectivity index (χ1) is 9.62. The number of rotatable bonds is 5. The lowest BCUT2D eigenvalue weighted by molar-refractivity contribution is 0.0533. The average molecular weight is 309 g/mol. The Morgan fingerprint density at radius 1 is 1.20 bits per heavy atom. The number of ether oxygens (including phenoxy) is 1. The minimum absolute atomic E-state index is 0.316. The van der Waals surface area contributed by atoms with Crippen molar-refractivity contribution in [3.8, 4) is 9.75 Å². The quantitative estimate of drug-likeness (QED) is 0.835. The molecule has 2 aromatic rings. The molecule has 0 aliphatic rings.